The SMILES string of the molecule is Cc1cccc2c1N1C(=O)C3C(CC2)CC3(C)C1=O. The summed E-state index contributed by atoms with van der Waals surface area (Å²) in [5.74, 6) is 0.406. The van der Waals surface area contributed by atoms with Crippen molar-refractivity contribution in [3.8, 4) is 0 Å². The van der Waals surface area contributed by atoms with Crippen molar-refractivity contribution in [1.82, 2.24) is 0 Å². The van der Waals surface area contributed by atoms with Gasteiger partial charge < -0.3 is 0 Å². The van der Waals surface area contributed by atoms with Gasteiger partial charge in [0.25, 0.3) is 0 Å². The van der Waals surface area contributed by atoms with Gasteiger partial charge in [0.15, 0.2) is 0 Å². The third-order valence-electron chi connectivity index (χ3n) is 5.35. The van der Waals surface area contributed by atoms with E-state index in [-0.39, 0.29) is 17.7 Å². The van der Waals surface area contributed by atoms with E-state index in [0.29, 0.717) is 5.92 Å². The second kappa shape index (κ2) is 3.27. The van der Waals surface area contributed by atoms with Crippen LogP contribution in [0.25, 0.3) is 0 Å². The molecule has 0 radical (unpaired) electrons. The lowest BCUT2D eigenvalue weighted by atomic mass is 9.54. The summed E-state index contributed by atoms with van der Waals surface area (Å²) in [7, 11) is 0. The minimum atomic E-state index is -0.425. The highest BCUT2D eigenvalue weighted by Gasteiger charge is 2.67. The lowest BCUT2D eigenvalue weighted by molar-refractivity contribution is -0.140. The van der Waals surface area contributed by atoms with E-state index in [9.17, 15) is 9.59 Å². The molecule has 0 aromatic heterocycles. The van der Waals surface area contributed by atoms with Crippen molar-refractivity contribution in [2.75, 3.05) is 4.90 Å². The molecule has 2 heterocycles. The highest BCUT2D eigenvalue weighted by atomic mass is 16.2. The van der Waals surface area contributed by atoms with Crippen LogP contribution in [-0.4, -0.2) is 11.8 Å². The number of aryl methyl sites for hydroxylation is 2. The predicted octanol–water partition coefficient (Wildman–Crippen LogP) is 2.46. The molecule has 2 amide bonds. The van der Waals surface area contributed by atoms with E-state index in [1.807, 2.05) is 26.0 Å². The molecule has 4 rings (SSSR count). The van der Waals surface area contributed by atoms with E-state index >= 15 is 0 Å². The van der Waals surface area contributed by atoms with Gasteiger partial charge >= 0.3 is 0 Å². The number of carbonyl (C=O) groups excluding carboxylic acids is 2. The van der Waals surface area contributed by atoms with E-state index in [0.717, 1.165) is 36.1 Å². The van der Waals surface area contributed by atoms with Crippen LogP contribution in [0.15, 0.2) is 18.2 Å². The Balaban J connectivity index is 1.98. The lowest BCUT2D eigenvalue weighted by Crippen LogP contribution is -2.48. The topological polar surface area (TPSA) is 37.4 Å². The van der Waals surface area contributed by atoms with Gasteiger partial charge in [-0.25, -0.2) is 4.90 Å². The second-order valence-electron chi connectivity index (χ2n) is 6.46. The van der Waals surface area contributed by atoms with E-state index in [2.05, 4.69) is 6.07 Å². The van der Waals surface area contributed by atoms with Crippen LogP contribution in [0.5, 0.6) is 0 Å². The van der Waals surface area contributed by atoms with Crippen molar-refractivity contribution < 1.29 is 9.59 Å². The summed E-state index contributed by atoms with van der Waals surface area (Å²) in [6.07, 6.45) is 2.89. The third kappa shape index (κ3) is 1.14. The van der Waals surface area contributed by atoms with Gasteiger partial charge in [-0.2, -0.15) is 0 Å². The average molecular weight is 255 g/mol. The molecule has 1 aromatic carbocycles. The number of para-hydroxylation sites is 1. The molecule has 2 fully saturated rings. The van der Waals surface area contributed by atoms with Gasteiger partial charge in [0.05, 0.1) is 17.0 Å². The minimum Gasteiger partial charge on any atom is -0.274 e. The summed E-state index contributed by atoms with van der Waals surface area (Å²) in [6.45, 7) is 3.96. The Morgan fingerprint density at radius 1 is 1.32 bits per heavy atom. The summed E-state index contributed by atoms with van der Waals surface area (Å²) in [4.78, 5) is 26.8. The highest BCUT2D eigenvalue weighted by Crippen LogP contribution is 2.60. The Kier molecular flexibility index (Phi) is 1.93. The molecule has 3 unspecified atom stereocenters. The molecule has 3 nitrogen and oxygen atoms in total. The fourth-order valence-electron chi connectivity index (χ4n) is 4.40. The molecule has 2 bridgehead atoms. The zero-order valence-corrected chi connectivity index (χ0v) is 11.3. The quantitative estimate of drug-likeness (QED) is 0.668. The zero-order valence-electron chi connectivity index (χ0n) is 11.3. The van der Waals surface area contributed by atoms with Crippen LogP contribution in [0, 0.1) is 24.2 Å². The maximum Gasteiger partial charge on any atom is 0.240 e. The maximum atomic E-state index is 12.7. The molecule has 2 aliphatic heterocycles. The first-order valence-corrected chi connectivity index (χ1v) is 7.01. The number of imide groups is 1. The predicted molar refractivity (Wildman–Crippen MR) is 71.7 cm³/mol. The van der Waals surface area contributed by atoms with Crippen LogP contribution >= 0.6 is 0 Å². The van der Waals surface area contributed by atoms with Crippen LogP contribution < -0.4 is 4.90 Å². The van der Waals surface area contributed by atoms with Crippen LogP contribution in [0.4, 0.5) is 5.69 Å². The van der Waals surface area contributed by atoms with Crippen molar-refractivity contribution in [3.63, 3.8) is 0 Å². The fraction of sp³-hybridized carbons (Fsp3) is 0.500. The van der Waals surface area contributed by atoms with Crippen LogP contribution in [-0.2, 0) is 16.0 Å². The highest BCUT2D eigenvalue weighted by molar-refractivity contribution is 6.25. The van der Waals surface area contributed by atoms with Gasteiger partial charge in [0.1, 0.15) is 0 Å². The Bertz CT molecular complexity index is 621. The van der Waals surface area contributed by atoms with Crippen LogP contribution in [0.1, 0.15) is 30.9 Å². The standard InChI is InChI=1S/C16H17NO2/c1-9-4-3-5-10-6-7-11-8-16(2)12(11)14(18)17(13(9)10)15(16)19/h3-5,11-12H,6-8H2,1-2H3. The van der Waals surface area contributed by atoms with Crippen molar-refractivity contribution in [2.45, 2.75) is 33.1 Å². The minimum absolute atomic E-state index is 0.0243. The number of nitrogens with zero attached hydrogens (tertiary/aromatic N) is 1. The molecule has 3 heteroatoms. The number of amides is 2. The number of hydrogen-bond acceptors (Lipinski definition) is 2. The largest absolute Gasteiger partial charge is 0.274 e. The molecule has 1 aromatic rings. The van der Waals surface area contributed by atoms with E-state index < -0.39 is 5.41 Å². The van der Waals surface area contributed by atoms with Crippen molar-refractivity contribution >= 4 is 17.5 Å². The summed E-state index contributed by atoms with van der Waals surface area (Å²) < 4.78 is 0. The lowest BCUT2D eigenvalue weighted by Gasteiger charge is -2.45. The molecular weight excluding hydrogens is 238 g/mol. The Morgan fingerprint density at radius 2 is 2.11 bits per heavy atom. The monoisotopic (exact) mass is 255 g/mol. The smallest absolute Gasteiger partial charge is 0.240 e. The normalized spacial score (nSPS) is 35.6. The number of benzene rings is 1. The number of rotatable bonds is 0. The molecule has 19 heavy (non-hydrogen) atoms. The van der Waals surface area contributed by atoms with E-state index in [4.69, 9.17) is 0 Å². The number of anilines is 1. The fourth-order valence-corrected chi connectivity index (χ4v) is 4.40. The summed E-state index contributed by atoms with van der Waals surface area (Å²) in [6, 6.07) is 6.06. The Morgan fingerprint density at radius 3 is 2.89 bits per heavy atom. The summed E-state index contributed by atoms with van der Waals surface area (Å²) in [5.41, 5.74) is 2.62. The van der Waals surface area contributed by atoms with Crippen molar-refractivity contribution in [3.05, 3.63) is 29.3 Å². The van der Waals surface area contributed by atoms with Crippen molar-refractivity contribution in [2.24, 2.45) is 17.3 Å². The van der Waals surface area contributed by atoms with E-state index in [1.54, 1.807) is 0 Å². The number of fused-ring (bicyclic) bond motifs is 3. The van der Waals surface area contributed by atoms with Gasteiger partial charge in [-0.15, -0.1) is 0 Å². The third-order valence-corrected chi connectivity index (χ3v) is 5.35. The first-order valence-electron chi connectivity index (χ1n) is 7.01. The Hall–Kier alpha value is -1.64. The summed E-state index contributed by atoms with van der Waals surface area (Å²) >= 11 is 0. The van der Waals surface area contributed by atoms with Crippen molar-refractivity contribution in [1.29, 1.82) is 0 Å². The molecular formula is C16H17NO2. The average Bonchev–Trinajstić information content (AvgIpc) is 2.52. The van der Waals surface area contributed by atoms with Gasteiger partial charge in [-0.1, -0.05) is 18.2 Å². The molecule has 0 N–H and O–H groups in total. The molecule has 3 atom stereocenters. The molecule has 1 saturated heterocycles. The molecule has 0 spiro atoms. The van der Waals surface area contributed by atoms with E-state index in [1.165, 1.54) is 4.90 Å². The maximum absolute atomic E-state index is 12.7. The molecule has 1 saturated carbocycles. The molecule has 3 aliphatic rings. The van der Waals surface area contributed by atoms with Crippen LogP contribution in [0.3, 0.4) is 0 Å². The molecule has 1 aliphatic carbocycles. The first-order chi connectivity index (χ1) is 9.04. The van der Waals surface area contributed by atoms with Crippen LogP contribution in [0.2, 0.25) is 0 Å². The zero-order chi connectivity index (χ0) is 13.4. The number of carbonyl (C=O) groups is 2. The second-order valence-corrected chi connectivity index (χ2v) is 6.46. The first kappa shape index (κ1) is 11.2. The molecule has 98 valence electrons. The van der Waals surface area contributed by atoms with Gasteiger partial charge in [0, 0.05) is 0 Å². The Labute approximate surface area is 112 Å². The summed E-state index contributed by atoms with van der Waals surface area (Å²) in [5, 5.41) is 0. The number of hydrogen-bond donors (Lipinski definition) is 0. The van der Waals surface area contributed by atoms with Gasteiger partial charge in [0.2, 0.25) is 11.8 Å². The van der Waals surface area contributed by atoms with Gasteiger partial charge in [-0.05, 0) is 50.2 Å². The van der Waals surface area contributed by atoms with Gasteiger partial charge in [-0.3, -0.25) is 9.59 Å².